The molecule has 9 heavy (non-hydrogen) atoms. The zero-order valence-electron chi connectivity index (χ0n) is 5.34. The summed E-state index contributed by atoms with van der Waals surface area (Å²) in [6, 6.07) is 0. The molecular formula is C4H9NO3S. The van der Waals surface area contributed by atoms with E-state index in [-0.39, 0.29) is 11.8 Å². The summed E-state index contributed by atoms with van der Waals surface area (Å²) in [5, 5.41) is 2.16. The van der Waals surface area contributed by atoms with Crippen LogP contribution in [0.2, 0.25) is 0 Å². The SMILES string of the molecule is CC(=O)NCS(C)(=O)=O. The fourth-order valence-electron chi connectivity index (χ4n) is 0.233. The molecule has 1 N–H and O–H groups in total. The molecule has 0 aromatic rings. The minimum absolute atomic E-state index is 0.275. The summed E-state index contributed by atoms with van der Waals surface area (Å²) < 4.78 is 20.6. The number of hydrogen-bond donors (Lipinski definition) is 1. The molecule has 0 aromatic carbocycles. The lowest BCUT2D eigenvalue weighted by atomic mass is 10.7. The third-order valence-electron chi connectivity index (χ3n) is 0.583. The Bertz CT molecular complexity index is 194. The Morgan fingerprint density at radius 3 is 2.11 bits per heavy atom. The summed E-state index contributed by atoms with van der Waals surface area (Å²) >= 11 is 0. The molecule has 5 heteroatoms. The molecule has 0 rings (SSSR count). The molecule has 0 spiro atoms. The van der Waals surface area contributed by atoms with Crippen LogP contribution in [0.25, 0.3) is 0 Å². The Balaban J connectivity index is 3.67. The second-order valence-electron chi connectivity index (χ2n) is 1.80. The van der Waals surface area contributed by atoms with E-state index in [1.54, 1.807) is 0 Å². The van der Waals surface area contributed by atoms with Crippen molar-refractivity contribution >= 4 is 15.7 Å². The number of nitrogens with one attached hydrogen (secondary N) is 1. The molecule has 0 aliphatic heterocycles. The van der Waals surface area contributed by atoms with Gasteiger partial charge in [-0.15, -0.1) is 0 Å². The zero-order valence-corrected chi connectivity index (χ0v) is 6.16. The molecule has 0 aliphatic rings. The third-order valence-corrected chi connectivity index (χ3v) is 1.25. The van der Waals surface area contributed by atoms with Crippen LogP contribution in [0.15, 0.2) is 0 Å². The van der Waals surface area contributed by atoms with Gasteiger partial charge in [0.2, 0.25) is 5.91 Å². The standard InChI is InChI=1S/C4H9NO3S/c1-4(6)5-3-9(2,7)8/h3H2,1-2H3,(H,5,6). The van der Waals surface area contributed by atoms with Gasteiger partial charge in [-0.2, -0.15) is 0 Å². The molecular weight excluding hydrogens is 142 g/mol. The van der Waals surface area contributed by atoms with Crippen LogP contribution in [0.3, 0.4) is 0 Å². The van der Waals surface area contributed by atoms with E-state index in [1.807, 2.05) is 0 Å². The number of carbonyl (C=O) groups is 1. The third kappa shape index (κ3) is 7.42. The summed E-state index contributed by atoms with van der Waals surface area (Å²) in [6.07, 6.45) is 1.06. The van der Waals surface area contributed by atoms with E-state index in [2.05, 4.69) is 5.32 Å². The van der Waals surface area contributed by atoms with Crippen molar-refractivity contribution in [2.45, 2.75) is 6.92 Å². The summed E-state index contributed by atoms with van der Waals surface area (Å²) in [6.45, 7) is 1.27. The predicted octanol–water partition coefficient (Wildman–Crippen LogP) is -0.875. The number of carbonyl (C=O) groups excluding carboxylic acids is 1. The first-order valence-corrected chi connectivity index (χ1v) is 4.40. The van der Waals surface area contributed by atoms with Crippen LogP contribution in [0.5, 0.6) is 0 Å². The van der Waals surface area contributed by atoms with Crippen LogP contribution >= 0.6 is 0 Å². The Morgan fingerprint density at radius 1 is 1.56 bits per heavy atom. The lowest BCUT2D eigenvalue weighted by Gasteiger charge is -1.96. The van der Waals surface area contributed by atoms with Gasteiger partial charge in [0.05, 0.1) is 0 Å². The highest BCUT2D eigenvalue weighted by molar-refractivity contribution is 7.90. The lowest BCUT2D eigenvalue weighted by molar-refractivity contribution is -0.118. The molecule has 0 atom stereocenters. The maximum Gasteiger partial charge on any atom is 0.217 e. The number of amides is 1. The van der Waals surface area contributed by atoms with Crippen molar-refractivity contribution in [3.05, 3.63) is 0 Å². The van der Waals surface area contributed by atoms with Gasteiger partial charge in [0.15, 0.2) is 9.84 Å². The predicted molar refractivity (Wildman–Crippen MR) is 33.5 cm³/mol. The minimum Gasteiger partial charge on any atom is -0.342 e. The number of hydrogen-bond acceptors (Lipinski definition) is 3. The highest BCUT2D eigenvalue weighted by Gasteiger charge is 2.00. The van der Waals surface area contributed by atoms with Crippen molar-refractivity contribution in [1.82, 2.24) is 5.32 Å². The molecule has 54 valence electrons. The molecule has 0 saturated carbocycles. The number of sulfone groups is 1. The average Bonchev–Trinajstić information content (AvgIpc) is 1.59. The van der Waals surface area contributed by atoms with Crippen molar-refractivity contribution in [1.29, 1.82) is 0 Å². The van der Waals surface area contributed by atoms with Crippen LogP contribution in [-0.2, 0) is 14.6 Å². The Labute approximate surface area is 54.2 Å². The first kappa shape index (κ1) is 8.42. The topological polar surface area (TPSA) is 63.2 Å². The Morgan fingerprint density at radius 2 is 2.00 bits per heavy atom. The van der Waals surface area contributed by atoms with Gasteiger partial charge < -0.3 is 5.32 Å². The maximum atomic E-state index is 10.3. The van der Waals surface area contributed by atoms with E-state index in [1.165, 1.54) is 6.92 Å². The average molecular weight is 151 g/mol. The van der Waals surface area contributed by atoms with Gasteiger partial charge in [-0.05, 0) is 0 Å². The van der Waals surface area contributed by atoms with Crippen LogP contribution in [0.4, 0.5) is 0 Å². The van der Waals surface area contributed by atoms with E-state index in [4.69, 9.17) is 0 Å². The van der Waals surface area contributed by atoms with Gasteiger partial charge in [0.1, 0.15) is 5.88 Å². The van der Waals surface area contributed by atoms with Crippen LogP contribution in [0, 0.1) is 0 Å². The fraction of sp³-hybridized carbons (Fsp3) is 0.750. The summed E-state index contributed by atoms with van der Waals surface area (Å²) in [4.78, 5) is 10.1. The van der Waals surface area contributed by atoms with Crippen molar-refractivity contribution < 1.29 is 13.2 Å². The molecule has 0 fully saturated rings. The molecule has 0 aromatic heterocycles. The van der Waals surface area contributed by atoms with E-state index in [0.29, 0.717) is 0 Å². The van der Waals surface area contributed by atoms with Crippen LogP contribution < -0.4 is 5.32 Å². The van der Waals surface area contributed by atoms with E-state index < -0.39 is 9.84 Å². The van der Waals surface area contributed by atoms with Crippen molar-refractivity contribution in [3.8, 4) is 0 Å². The molecule has 0 aliphatic carbocycles. The maximum absolute atomic E-state index is 10.3. The van der Waals surface area contributed by atoms with Crippen LogP contribution in [-0.4, -0.2) is 26.5 Å². The molecule has 0 bridgehead atoms. The Hall–Kier alpha value is -0.580. The molecule has 1 amide bonds. The molecule has 0 unspecified atom stereocenters. The largest absolute Gasteiger partial charge is 0.342 e. The lowest BCUT2D eigenvalue weighted by Crippen LogP contribution is -2.26. The molecule has 0 saturated heterocycles. The van der Waals surface area contributed by atoms with Gasteiger partial charge in [0, 0.05) is 13.2 Å². The Kier molecular flexibility index (Phi) is 2.64. The van der Waals surface area contributed by atoms with E-state index in [9.17, 15) is 13.2 Å². The van der Waals surface area contributed by atoms with Gasteiger partial charge in [0.25, 0.3) is 0 Å². The van der Waals surface area contributed by atoms with E-state index >= 15 is 0 Å². The van der Waals surface area contributed by atoms with Crippen molar-refractivity contribution in [3.63, 3.8) is 0 Å². The second-order valence-corrected chi connectivity index (χ2v) is 3.94. The van der Waals surface area contributed by atoms with E-state index in [0.717, 1.165) is 6.26 Å². The van der Waals surface area contributed by atoms with Gasteiger partial charge in [-0.25, -0.2) is 8.42 Å². The first-order chi connectivity index (χ1) is 3.92. The molecule has 4 nitrogen and oxygen atoms in total. The molecule has 0 radical (unpaired) electrons. The second kappa shape index (κ2) is 2.82. The van der Waals surface area contributed by atoms with Crippen LogP contribution in [0.1, 0.15) is 6.92 Å². The summed E-state index contributed by atoms with van der Waals surface area (Å²) in [5.74, 6) is -0.608. The monoisotopic (exact) mass is 151 g/mol. The smallest absolute Gasteiger partial charge is 0.217 e. The quantitative estimate of drug-likeness (QED) is 0.557. The summed E-state index contributed by atoms with van der Waals surface area (Å²) in [5.41, 5.74) is 0. The first-order valence-electron chi connectivity index (χ1n) is 2.34. The fourth-order valence-corrected chi connectivity index (χ4v) is 0.698. The summed E-state index contributed by atoms with van der Waals surface area (Å²) in [7, 11) is -3.05. The van der Waals surface area contributed by atoms with Crippen molar-refractivity contribution in [2.75, 3.05) is 12.1 Å². The van der Waals surface area contributed by atoms with Gasteiger partial charge in [-0.1, -0.05) is 0 Å². The van der Waals surface area contributed by atoms with Crippen molar-refractivity contribution in [2.24, 2.45) is 0 Å². The normalized spacial score (nSPS) is 10.9. The highest BCUT2D eigenvalue weighted by Crippen LogP contribution is 1.75. The minimum atomic E-state index is -3.05. The zero-order chi connectivity index (χ0) is 7.49. The molecule has 0 heterocycles. The number of rotatable bonds is 2. The van der Waals surface area contributed by atoms with Gasteiger partial charge >= 0.3 is 0 Å². The van der Waals surface area contributed by atoms with Gasteiger partial charge in [-0.3, -0.25) is 4.79 Å². The highest BCUT2D eigenvalue weighted by atomic mass is 32.2.